The molecule has 0 amide bonds. The number of aromatic hydroxyl groups is 1. The molecule has 0 atom stereocenters. The molecule has 0 fully saturated rings. The number of hydrogen-bond acceptors (Lipinski definition) is 3. The van der Waals surface area contributed by atoms with Crippen LogP contribution < -0.4 is 0 Å². The van der Waals surface area contributed by atoms with Crippen LogP contribution in [0.25, 0.3) is 0 Å². The fourth-order valence-electron chi connectivity index (χ4n) is 1.07. The summed E-state index contributed by atoms with van der Waals surface area (Å²) in [5, 5.41) is 9.16. The molecule has 1 aromatic carbocycles. The molecule has 0 aliphatic rings. The molecular weight excluding hydrogens is 178 g/mol. The molecular formula is C11H11NO2. The van der Waals surface area contributed by atoms with E-state index in [0.717, 1.165) is 12.0 Å². The monoisotopic (exact) mass is 189 g/mol. The fourth-order valence-corrected chi connectivity index (χ4v) is 1.07. The Morgan fingerprint density at radius 3 is 3.00 bits per heavy atom. The van der Waals surface area contributed by atoms with Crippen LogP contribution in [-0.2, 0) is 11.2 Å². The van der Waals surface area contributed by atoms with Crippen molar-refractivity contribution in [2.24, 2.45) is 4.99 Å². The van der Waals surface area contributed by atoms with Crippen molar-refractivity contribution in [2.45, 2.75) is 6.42 Å². The van der Waals surface area contributed by atoms with E-state index in [1.54, 1.807) is 24.3 Å². The van der Waals surface area contributed by atoms with Crippen molar-refractivity contribution < 1.29 is 9.90 Å². The fraction of sp³-hybridized carbons (Fsp3) is 0.182. The number of phenolic OH excluding ortho intramolecular Hbond substituents is 1. The molecule has 3 nitrogen and oxygen atoms in total. The first-order chi connectivity index (χ1) is 6.83. The average molecular weight is 189 g/mol. The lowest BCUT2D eigenvalue weighted by Gasteiger charge is -1.96. The Hall–Kier alpha value is -1.86. The maximum atomic E-state index is 9.72. The first-order valence-corrected chi connectivity index (χ1v) is 4.29. The largest absolute Gasteiger partial charge is 0.508 e. The van der Waals surface area contributed by atoms with Gasteiger partial charge in [-0.25, -0.2) is 9.79 Å². The number of allylic oxidation sites excluding steroid dienone is 1. The second-order valence-electron chi connectivity index (χ2n) is 2.78. The van der Waals surface area contributed by atoms with Crippen LogP contribution in [0.4, 0.5) is 0 Å². The lowest BCUT2D eigenvalue weighted by Crippen LogP contribution is -1.80. The molecule has 72 valence electrons. The molecule has 0 radical (unpaired) electrons. The third-order valence-corrected chi connectivity index (χ3v) is 1.69. The maximum absolute atomic E-state index is 9.72. The summed E-state index contributed by atoms with van der Waals surface area (Å²) < 4.78 is 0. The molecule has 0 spiro atoms. The van der Waals surface area contributed by atoms with Crippen molar-refractivity contribution in [1.29, 1.82) is 0 Å². The Morgan fingerprint density at radius 1 is 1.43 bits per heavy atom. The number of benzene rings is 1. The number of nitrogens with zero attached hydrogens (tertiary/aromatic N) is 1. The molecule has 0 aromatic heterocycles. The normalized spacial score (nSPS) is 10.0. The van der Waals surface area contributed by atoms with E-state index in [9.17, 15) is 4.79 Å². The van der Waals surface area contributed by atoms with Crippen molar-refractivity contribution in [3.8, 4) is 5.75 Å². The number of carbonyl (C=O) groups excluding carboxylic acids is 1. The zero-order valence-electron chi connectivity index (χ0n) is 7.68. The third-order valence-electron chi connectivity index (χ3n) is 1.69. The molecule has 0 bridgehead atoms. The zero-order chi connectivity index (χ0) is 10.2. The summed E-state index contributed by atoms with van der Waals surface area (Å²) in [7, 11) is 0. The highest BCUT2D eigenvalue weighted by Crippen LogP contribution is 2.11. The first-order valence-electron chi connectivity index (χ1n) is 4.29. The highest BCUT2D eigenvalue weighted by Gasteiger charge is 1.90. The van der Waals surface area contributed by atoms with Crippen molar-refractivity contribution >= 4 is 6.08 Å². The van der Waals surface area contributed by atoms with E-state index < -0.39 is 0 Å². The molecule has 0 aliphatic carbocycles. The van der Waals surface area contributed by atoms with Gasteiger partial charge < -0.3 is 5.11 Å². The van der Waals surface area contributed by atoms with E-state index in [2.05, 4.69) is 4.99 Å². The first kappa shape index (κ1) is 10.2. The lowest BCUT2D eigenvalue weighted by molar-refractivity contribution is 0.474. The zero-order valence-corrected chi connectivity index (χ0v) is 7.68. The molecule has 0 heterocycles. The summed E-state index contributed by atoms with van der Waals surface area (Å²) in [6.45, 7) is 0.363. The van der Waals surface area contributed by atoms with E-state index in [1.165, 1.54) is 6.08 Å². The summed E-state index contributed by atoms with van der Waals surface area (Å²) in [5.74, 6) is 0.266. The van der Waals surface area contributed by atoms with Crippen LogP contribution in [0.15, 0.2) is 41.4 Å². The molecule has 1 N–H and O–H groups in total. The molecule has 0 saturated carbocycles. The predicted octanol–water partition coefficient (Wildman–Crippen LogP) is 1.83. The molecule has 0 unspecified atom stereocenters. The number of phenols is 1. The van der Waals surface area contributed by atoms with Gasteiger partial charge in [-0.05, 0) is 24.1 Å². The maximum Gasteiger partial charge on any atom is 0.235 e. The van der Waals surface area contributed by atoms with E-state index in [4.69, 9.17) is 5.11 Å². The van der Waals surface area contributed by atoms with E-state index in [-0.39, 0.29) is 5.75 Å². The molecule has 1 aromatic rings. The van der Waals surface area contributed by atoms with E-state index >= 15 is 0 Å². The summed E-state index contributed by atoms with van der Waals surface area (Å²) in [6.07, 6.45) is 5.87. The minimum absolute atomic E-state index is 0.266. The van der Waals surface area contributed by atoms with Gasteiger partial charge in [0, 0.05) is 0 Å². The number of rotatable bonds is 4. The quantitative estimate of drug-likeness (QED) is 0.446. The second-order valence-corrected chi connectivity index (χ2v) is 2.78. The smallest absolute Gasteiger partial charge is 0.235 e. The molecule has 3 heteroatoms. The van der Waals surface area contributed by atoms with Gasteiger partial charge in [0.15, 0.2) is 0 Å². The Morgan fingerprint density at radius 2 is 2.29 bits per heavy atom. The Bertz CT molecular complexity index is 365. The molecule has 1 rings (SSSR count). The molecule has 14 heavy (non-hydrogen) atoms. The summed E-state index contributed by atoms with van der Waals surface area (Å²) in [6, 6.07) is 7.05. The minimum atomic E-state index is 0.266. The third kappa shape index (κ3) is 3.70. The van der Waals surface area contributed by atoms with Gasteiger partial charge in [0.2, 0.25) is 6.08 Å². The van der Waals surface area contributed by atoms with Gasteiger partial charge in [-0.15, -0.1) is 0 Å². The number of isocyanates is 1. The van der Waals surface area contributed by atoms with Crippen molar-refractivity contribution in [2.75, 3.05) is 6.54 Å². The predicted molar refractivity (Wildman–Crippen MR) is 53.9 cm³/mol. The van der Waals surface area contributed by atoms with Gasteiger partial charge in [-0.3, -0.25) is 0 Å². The van der Waals surface area contributed by atoms with Crippen LogP contribution in [-0.4, -0.2) is 17.7 Å². The van der Waals surface area contributed by atoms with Gasteiger partial charge in [0.1, 0.15) is 5.75 Å². The van der Waals surface area contributed by atoms with Gasteiger partial charge >= 0.3 is 0 Å². The lowest BCUT2D eigenvalue weighted by atomic mass is 10.1. The van der Waals surface area contributed by atoms with Crippen LogP contribution in [0, 0.1) is 0 Å². The Kier molecular flexibility index (Phi) is 4.18. The van der Waals surface area contributed by atoms with Gasteiger partial charge in [-0.2, -0.15) is 0 Å². The average Bonchev–Trinajstić information content (AvgIpc) is 2.18. The van der Waals surface area contributed by atoms with Crippen molar-refractivity contribution in [3.05, 3.63) is 42.0 Å². The van der Waals surface area contributed by atoms with Crippen LogP contribution in [0.5, 0.6) is 5.75 Å². The highest BCUT2D eigenvalue weighted by molar-refractivity contribution is 5.33. The highest BCUT2D eigenvalue weighted by atomic mass is 16.3. The number of hydrogen-bond donors (Lipinski definition) is 1. The summed E-state index contributed by atoms with van der Waals surface area (Å²) in [4.78, 5) is 13.1. The van der Waals surface area contributed by atoms with Crippen molar-refractivity contribution in [3.63, 3.8) is 0 Å². The van der Waals surface area contributed by atoms with Gasteiger partial charge in [0.05, 0.1) is 6.54 Å². The summed E-state index contributed by atoms with van der Waals surface area (Å²) in [5.41, 5.74) is 1.02. The van der Waals surface area contributed by atoms with Crippen LogP contribution in [0.1, 0.15) is 5.56 Å². The van der Waals surface area contributed by atoms with Gasteiger partial charge in [-0.1, -0.05) is 24.3 Å². The minimum Gasteiger partial charge on any atom is -0.508 e. The van der Waals surface area contributed by atoms with Crippen LogP contribution in [0.3, 0.4) is 0 Å². The summed E-state index contributed by atoms with van der Waals surface area (Å²) >= 11 is 0. The SMILES string of the molecule is O=C=NC/C=C\Cc1cccc(O)c1. The topological polar surface area (TPSA) is 49.7 Å². The van der Waals surface area contributed by atoms with E-state index in [0.29, 0.717) is 6.54 Å². The second kappa shape index (κ2) is 5.73. The van der Waals surface area contributed by atoms with Crippen LogP contribution >= 0.6 is 0 Å². The Labute approximate surface area is 82.4 Å². The van der Waals surface area contributed by atoms with Gasteiger partial charge in [0.25, 0.3) is 0 Å². The van der Waals surface area contributed by atoms with Crippen molar-refractivity contribution in [1.82, 2.24) is 0 Å². The van der Waals surface area contributed by atoms with Crippen LogP contribution in [0.2, 0.25) is 0 Å². The molecule has 0 saturated heterocycles. The standard InChI is InChI=1S/C11H11NO2/c13-9-12-7-2-1-4-10-5-3-6-11(14)8-10/h1-3,5-6,8,14H,4,7H2/b2-1-. The Balaban J connectivity index is 2.45. The molecule has 0 aliphatic heterocycles. The van der Waals surface area contributed by atoms with E-state index in [1.807, 2.05) is 12.1 Å². The number of aliphatic imine (C=N–C) groups is 1.